The number of hydrogen-bond donors (Lipinski definition) is 1. The van der Waals surface area contributed by atoms with Crippen LogP contribution in [-0.4, -0.2) is 6.54 Å². The monoisotopic (exact) mass is 179 g/mol. The Morgan fingerprint density at radius 2 is 2.15 bits per heavy atom. The number of nitrogens with two attached hydrogens (primary N) is 1. The molecule has 0 radical (unpaired) electrons. The molecule has 13 heavy (non-hydrogen) atoms. The zero-order chi connectivity index (χ0) is 9.47. The fourth-order valence-electron chi connectivity index (χ4n) is 3.15. The van der Waals surface area contributed by atoms with E-state index >= 15 is 0 Å². The van der Waals surface area contributed by atoms with Crippen molar-refractivity contribution >= 4 is 0 Å². The molecule has 1 heteroatoms. The minimum Gasteiger partial charge on any atom is -0.330 e. The largest absolute Gasteiger partial charge is 0.330 e. The first-order valence-corrected chi connectivity index (χ1v) is 5.51. The van der Waals surface area contributed by atoms with Crippen LogP contribution in [0.2, 0.25) is 0 Å². The molecular weight excluding hydrogens is 158 g/mol. The molecule has 1 nitrogen and oxygen atoms in total. The third kappa shape index (κ3) is 1.80. The van der Waals surface area contributed by atoms with E-state index in [1.807, 2.05) is 0 Å². The summed E-state index contributed by atoms with van der Waals surface area (Å²) in [5, 5.41) is 0. The highest BCUT2D eigenvalue weighted by atomic mass is 14.6. The Kier molecular flexibility index (Phi) is 2.23. The highest BCUT2D eigenvalue weighted by molar-refractivity contribution is 5.16. The molecule has 1 saturated carbocycles. The van der Waals surface area contributed by atoms with Crippen molar-refractivity contribution in [3.8, 4) is 0 Å². The number of fused-ring (bicyclic) bond motifs is 4. The Hall–Kier alpha value is -0.300. The van der Waals surface area contributed by atoms with Crippen LogP contribution in [0, 0.1) is 17.3 Å². The summed E-state index contributed by atoms with van der Waals surface area (Å²) in [7, 11) is 0. The van der Waals surface area contributed by atoms with Gasteiger partial charge in [-0.25, -0.2) is 0 Å². The molecule has 3 aliphatic carbocycles. The van der Waals surface area contributed by atoms with Gasteiger partial charge in [-0.2, -0.15) is 0 Å². The van der Waals surface area contributed by atoms with Crippen LogP contribution in [0.25, 0.3) is 0 Å². The molecule has 0 aromatic carbocycles. The first-order valence-electron chi connectivity index (χ1n) is 5.51. The van der Waals surface area contributed by atoms with Crippen molar-refractivity contribution in [2.45, 2.75) is 39.5 Å². The van der Waals surface area contributed by atoms with Crippen LogP contribution in [0.3, 0.4) is 0 Å². The highest BCUT2D eigenvalue weighted by Crippen LogP contribution is 2.46. The number of allylic oxidation sites excluding steroid dienone is 2. The van der Waals surface area contributed by atoms with E-state index in [0.717, 1.165) is 18.4 Å². The molecule has 3 rings (SSSR count). The van der Waals surface area contributed by atoms with Crippen molar-refractivity contribution in [3.63, 3.8) is 0 Å². The molecule has 2 unspecified atom stereocenters. The molecule has 2 N–H and O–H groups in total. The second-order valence-electron chi connectivity index (χ2n) is 5.50. The van der Waals surface area contributed by atoms with Crippen molar-refractivity contribution in [1.29, 1.82) is 0 Å². The molecule has 0 aliphatic heterocycles. The Morgan fingerprint density at radius 3 is 2.77 bits per heavy atom. The quantitative estimate of drug-likeness (QED) is 0.615. The maximum absolute atomic E-state index is 5.88. The van der Waals surface area contributed by atoms with Crippen LogP contribution < -0.4 is 5.73 Å². The fraction of sp³-hybridized carbons (Fsp3) is 0.833. The maximum atomic E-state index is 5.88. The molecule has 74 valence electrons. The van der Waals surface area contributed by atoms with E-state index in [2.05, 4.69) is 19.9 Å². The van der Waals surface area contributed by atoms with Gasteiger partial charge in [-0.1, -0.05) is 25.5 Å². The summed E-state index contributed by atoms with van der Waals surface area (Å²) in [5.41, 5.74) is 7.99. The predicted octanol–water partition coefficient (Wildman–Crippen LogP) is 2.72. The molecule has 2 atom stereocenters. The molecule has 0 aromatic heterocycles. The van der Waals surface area contributed by atoms with Gasteiger partial charge in [-0.15, -0.1) is 0 Å². The van der Waals surface area contributed by atoms with Crippen LogP contribution >= 0.6 is 0 Å². The van der Waals surface area contributed by atoms with Crippen molar-refractivity contribution in [2.24, 2.45) is 23.0 Å². The van der Waals surface area contributed by atoms with Gasteiger partial charge in [0.1, 0.15) is 0 Å². The smallest absolute Gasteiger partial charge is 0.00229 e. The van der Waals surface area contributed by atoms with Crippen LogP contribution in [-0.2, 0) is 0 Å². The third-order valence-corrected chi connectivity index (χ3v) is 3.71. The van der Waals surface area contributed by atoms with Gasteiger partial charge in [-0.05, 0) is 49.5 Å². The molecule has 3 aliphatic rings. The normalized spacial score (nSPS) is 44.4. The maximum Gasteiger partial charge on any atom is -0.00229 e. The second-order valence-corrected chi connectivity index (χ2v) is 5.50. The third-order valence-electron chi connectivity index (χ3n) is 3.71. The van der Waals surface area contributed by atoms with Gasteiger partial charge in [0, 0.05) is 0 Å². The zero-order valence-corrected chi connectivity index (χ0v) is 8.84. The van der Waals surface area contributed by atoms with E-state index in [0.29, 0.717) is 5.41 Å². The fourth-order valence-corrected chi connectivity index (χ4v) is 3.15. The minimum absolute atomic E-state index is 0.409. The summed E-state index contributed by atoms with van der Waals surface area (Å²) >= 11 is 0. The van der Waals surface area contributed by atoms with E-state index in [1.165, 1.54) is 25.7 Å². The molecular formula is C12H21N. The summed E-state index contributed by atoms with van der Waals surface area (Å²) in [4.78, 5) is 0. The Bertz CT molecular complexity index is 223. The highest BCUT2D eigenvalue weighted by Gasteiger charge is 2.35. The molecule has 1 fully saturated rings. The molecule has 2 bridgehead atoms. The Balaban J connectivity index is 2.14. The molecule has 0 heterocycles. The average molecular weight is 179 g/mol. The lowest BCUT2D eigenvalue weighted by Gasteiger charge is -2.42. The Labute approximate surface area is 81.4 Å². The van der Waals surface area contributed by atoms with Gasteiger partial charge in [0.2, 0.25) is 0 Å². The Morgan fingerprint density at radius 1 is 1.46 bits per heavy atom. The van der Waals surface area contributed by atoms with Gasteiger partial charge in [0.25, 0.3) is 0 Å². The van der Waals surface area contributed by atoms with Gasteiger partial charge in [-0.3, -0.25) is 0 Å². The standard InChI is InChI=1S/C12H21N/c1-9-3-10-4-11(5-10)7-12(2,6-9)8-13/h3,9,11H,4-8,13H2,1-2H3. The van der Waals surface area contributed by atoms with Gasteiger partial charge in [0.15, 0.2) is 0 Å². The van der Waals surface area contributed by atoms with E-state index < -0.39 is 0 Å². The van der Waals surface area contributed by atoms with Crippen LogP contribution in [0.15, 0.2) is 11.6 Å². The molecule has 0 saturated heterocycles. The molecule has 0 aromatic rings. The van der Waals surface area contributed by atoms with E-state index in [9.17, 15) is 0 Å². The summed E-state index contributed by atoms with van der Waals surface area (Å²) < 4.78 is 0. The van der Waals surface area contributed by atoms with E-state index in [4.69, 9.17) is 5.73 Å². The van der Waals surface area contributed by atoms with Crippen LogP contribution in [0.4, 0.5) is 0 Å². The lowest BCUT2D eigenvalue weighted by Crippen LogP contribution is -2.35. The minimum atomic E-state index is 0.409. The van der Waals surface area contributed by atoms with Gasteiger partial charge >= 0.3 is 0 Å². The summed E-state index contributed by atoms with van der Waals surface area (Å²) in [5.74, 6) is 1.69. The topological polar surface area (TPSA) is 26.0 Å². The SMILES string of the molecule is CC1C=C2CC(C2)CC(C)(CN)C1. The summed E-state index contributed by atoms with van der Waals surface area (Å²) in [6.45, 7) is 5.55. The second kappa shape index (κ2) is 3.13. The average Bonchev–Trinajstić information content (AvgIpc) is 1.97. The molecule has 0 spiro atoms. The van der Waals surface area contributed by atoms with E-state index in [1.54, 1.807) is 5.57 Å². The first-order chi connectivity index (χ1) is 6.11. The lowest BCUT2D eigenvalue weighted by molar-refractivity contribution is 0.175. The zero-order valence-electron chi connectivity index (χ0n) is 8.84. The molecule has 0 amide bonds. The van der Waals surface area contributed by atoms with Crippen molar-refractivity contribution in [2.75, 3.05) is 6.54 Å². The first kappa shape index (κ1) is 9.26. The van der Waals surface area contributed by atoms with Crippen LogP contribution in [0.1, 0.15) is 39.5 Å². The lowest BCUT2D eigenvalue weighted by atomic mass is 9.64. The van der Waals surface area contributed by atoms with E-state index in [-0.39, 0.29) is 0 Å². The van der Waals surface area contributed by atoms with Crippen molar-refractivity contribution in [1.82, 2.24) is 0 Å². The van der Waals surface area contributed by atoms with Gasteiger partial charge in [0.05, 0.1) is 0 Å². The van der Waals surface area contributed by atoms with Crippen LogP contribution in [0.5, 0.6) is 0 Å². The summed E-state index contributed by atoms with van der Waals surface area (Å²) in [6.07, 6.45) is 7.85. The van der Waals surface area contributed by atoms with Gasteiger partial charge < -0.3 is 5.73 Å². The number of hydrogen-bond acceptors (Lipinski definition) is 1. The summed E-state index contributed by atoms with van der Waals surface area (Å²) in [6, 6.07) is 0. The number of rotatable bonds is 1. The van der Waals surface area contributed by atoms with Crippen molar-refractivity contribution < 1.29 is 0 Å². The predicted molar refractivity (Wildman–Crippen MR) is 56.4 cm³/mol. The van der Waals surface area contributed by atoms with Crippen molar-refractivity contribution in [3.05, 3.63) is 11.6 Å².